The lowest BCUT2D eigenvalue weighted by molar-refractivity contribution is 0.0588. The van der Waals surface area contributed by atoms with Gasteiger partial charge in [0.05, 0.1) is 7.11 Å². The van der Waals surface area contributed by atoms with Crippen molar-refractivity contribution in [1.82, 2.24) is 9.80 Å². The van der Waals surface area contributed by atoms with E-state index >= 15 is 0 Å². The van der Waals surface area contributed by atoms with Crippen LogP contribution in [0.25, 0.3) is 0 Å². The average molecular weight is 503 g/mol. The van der Waals surface area contributed by atoms with Gasteiger partial charge in [0.1, 0.15) is 5.75 Å². The second-order valence-corrected chi connectivity index (χ2v) is 11.8. The van der Waals surface area contributed by atoms with Crippen LogP contribution in [0, 0.1) is 12.8 Å². The number of aryl methyl sites for hydroxylation is 1. The third-order valence-electron chi connectivity index (χ3n) is 7.94. The van der Waals surface area contributed by atoms with Crippen LogP contribution in [0.15, 0.2) is 66.7 Å². The van der Waals surface area contributed by atoms with Crippen LogP contribution in [0.2, 0.25) is 0 Å². The fourth-order valence-electron chi connectivity index (χ4n) is 6.10. The van der Waals surface area contributed by atoms with Gasteiger partial charge in [-0.2, -0.15) is 0 Å². The quantitative estimate of drug-likeness (QED) is 0.341. The van der Waals surface area contributed by atoms with E-state index < -0.39 is 0 Å². The SMILES string of the molecule is COc1cccc(C2CN(Cc3ccc(C)s3)CC2CN(C(=O)c2ccccc2)C2CCCCC2)c1. The number of carbonyl (C=O) groups is 1. The van der Waals surface area contributed by atoms with Crippen molar-refractivity contribution >= 4 is 17.2 Å². The minimum Gasteiger partial charge on any atom is -0.497 e. The lowest BCUT2D eigenvalue weighted by Crippen LogP contribution is -2.45. The summed E-state index contributed by atoms with van der Waals surface area (Å²) in [7, 11) is 1.74. The van der Waals surface area contributed by atoms with E-state index in [1.165, 1.54) is 34.6 Å². The van der Waals surface area contributed by atoms with Gasteiger partial charge in [-0.3, -0.25) is 9.69 Å². The Kier molecular flexibility index (Phi) is 8.08. The van der Waals surface area contributed by atoms with Crippen molar-refractivity contribution < 1.29 is 9.53 Å². The molecule has 36 heavy (non-hydrogen) atoms. The first-order valence-corrected chi connectivity index (χ1v) is 14.2. The van der Waals surface area contributed by atoms with Crippen molar-refractivity contribution in [1.29, 1.82) is 0 Å². The molecule has 3 aromatic rings. The molecule has 0 N–H and O–H groups in total. The summed E-state index contributed by atoms with van der Waals surface area (Å²) >= 11 is 1.89. The van der Waals surface area contributed by atoms with Gasteiger partial charge < -0.3 is 9.64 Å². The van der Waals surface area contributed by atoms with Gasteiger partial charge >= 0.3 is 0 Å². The molecule has 1 amide bonds. The van der Waals surface area contributed by atoms with Crippen LogP contribution >= 0.6 is 11.3 Å². The molecule has 190 valence electrons. The summed E-state index contributed by atoms with van der Waals surface area (Å²) in [6.07, 6.45) is 5.96. The van der Waals surface area contributed by atoms with Gasteiger partial charge in [-0.05, 0) is 67.6 Å². The Morgan fingerprint density at radius 3 is 2.53 bits per heavy atom. The van der Waals surface area contributed by atoms with E-state index in [4.69, 9.17) is 4.74 Å². The molecule has 2 fully saturated rings. The number of methoxy groups -OCH3 is 1. The van der Waals surface area contributed by atoms with Gasteiger partial charge in [0.25, 0.3) is 5.91 Å². The highest BCUT2D eigenvalue weighted by molar-refractivity contribution is 7.11. The molecule has 0 bridgehead atoms. The lowest BCUT2D eigenvalue weighted by atomic mass is 9.86. The molecule has 5 rings (SSSR count). The van der Waals surface area contributed by atoms with Crippen LogP contribution in [0.1, 0.15) is 63.7 Å². The number of hydrogen-bond donors (Lipinski definition) is 0. The van der Waals surface area contributed by atoms with Crippen LogP contribution in [0.4, 0.5) is 0 Å². The van der Waals surface area contributed by atoms with E-state index in [1.807, 2.05) is 47.7 Å². The molecule has 2 unspecified atom stereocenters. The molecule has 1 saturated carbocycles. The predicted octanol–water partition coefficient (Wildman–Crippen LogP) is 6.76. The fraction of sp³-hybridized carbons (Fsp3) is 0.452. The van der Waals surface area contributed by atoms with Crippen LogP contribution in [0.5, 0.6) is 5.75 Å². The highest BCUT2D eigenvalue weighted by atomic mass is 32.1. The number of carbonyl (C=O) groups excluding carboxylic acids is 1. The van der Waals surface area contributed by atoms with Crippen LogP contribution < -0.4 is 4.74 Å². The number of amides is 1. The van der Waals surface area contributed by atoms with E-state index in [9.17, 15) is 4.79 Å². The molecular formula is C31H38N2O2S. The van der Waals surface area contributed by atoms with Crippen LogP contribution in [0.3, 0.4) is 0 Å². The van der Waals surface area contributed by atoms with Crippen molar-refractivity contribution in [2.24, 2.45) is 5.92 Å². The Morgan fingerprint density at radius 2 is 1.81 bits per heavy atom. The normalized spacial score (nSPS) is 20.9. The molecule has 0 spiro atoms. The largest absolute Gasteiger partial charge is 0.497 e. The molecule has 2 atom stereocenters. The topological polar surface area (TPSA) is 32.8 Å². The summed E-state index contributed by atoms with van der Waals surface area (Å²) in [5.74, 6) is 1.85. The number of thiophene rings is 1. The highest BCUT2D eigenvalue weighted by Crippen LogP contribution is 2.37. The zero-order valence-electron chi connectivity index (χ0n) is 21.6. The lowest BCUT2D eigenvalue weighted by Gasteiger charge is -2.37. The maximum Gasteiger partial charge on any atom is 0.254 e. The van der Waals surface area contributed by atoms with E-state index in [-0.39, 0.29) is 5.91 Å². The Labute approximate surface area is 219 Å². The molecule has 1 saturated heterocycles. The van der Waals surface area contributed by atoms with Gasteiger partial charge in [-0.25, -0.2) is 0 Å². The molecule has 2 aliphatic rings. The maximum atomic E-state index is 13.8. The molecule has 2 aromatic carbocycles. The Balaban J connectivity index is 1.42. The average Bonchev–Trinajstić information content (AvgIpc) is 3.53. The predicted molar refractivity (Wildman–Crippen MR) is 148 cm³/mol. The van der Waals surface area contributed by atoms with Crippen molar-refractivity contribution in [3.63, 3.8) is 0 Å². The molecule has 1 aliphatic carbocycles. The number of benzene rings is 2. The summed E-state index contributed by atoms with van der Waals surface area (Å²) in [6.45, 7) is 5.97. The van der Waals surface area contributed by atoms with Gasteiger partial charge in [0.2, 0.25) is 0 Å². The van der Waals surface area contributed by atoms with Crippen LogP contribution in [-0.2, 0) is 6.54 Å². The first kappa shape index (κ1) is 25.0. The van der Waals surface area contributed by atoms with Crippen molar-refractivity contribution in [3.05, 3.63) is 87.6 Å². The number of nitrogens with zero attached hydrogens (tertiary/aromatic N) is 2. The Hall–Kier alpha value is -2.63. The summed E-state index contributed by atoms with van der Waals surface area (Å²) in [5, 5.41) is 0. The molecule has 0 radical (unpaired) electrons. The summed E-state index contributed by atoms with van der Waals surface area (Å²) < 4.78 is 5.57. The number of ether oxygens (including phenoxy) is 1. The molecule has 1 aliphatic heterocycles. The van der Waals surface area contributed by atoms with Crippen molar-refractivity contribution in [2.45, 2.75) is 57.5 Å². The third-order valence-corrected chi connectivity index (χ3v) is 8.93. The summed E-state index contributed by atoms with van der Waals surface area (Å²) in [5.41, 5.74) is 2.13. The monoisotopic (exact) mass is 502 g/mol. The van der Waals surface area contributed by atoms with Crippen LogP contribution in [-0.4, -0.2) is 48.5 Å². The Morgan fingerprint density at radius 1 is 1.00 bits per heavy atom. The zero-order chi connectivity index (χ0) is 24.9. The second-order valence-electron chi connectivity index (χ2n) is 10.5. The Bertz CT molecular complexity index is 1140. The maximum absolute atomic E-state index is 13.8. The summed E-state index contributed by atoms with van der Waals surface area (Å²) in [4.78, 5) is 21.5. The van der Waals surface area contributed by atoms with E-state index in [0.717, 1.165) is 50.3 Å². The zero-order valence-corrected chi connectivity index (χ0v) is 22.4. The minimum absolute atomic E-state index is 0.194. The van der Waals surface area contributed by atoms with E-state index in [2.05, 4.69) is 47.1 Å². The number of likely N-dealkylation sites (tertiary alicyclic amines) is 1. The number of rotatable bonds is 8. The van der Waals surface area contributed by atoms with Crippen molar-refractivity contribution in [2.75, 3.05) is 26.7 Å². The standard InChI is InChI=1S/C31H38N2O2S/c1-23-16-17-29(36-23)21-32-19-26(30(22-32)25-12-9-15-28(18-25)35-2)20-33(27-13-7-4-8-14-27)31(34)24-10-5-3-6-11-24/h3,5-6,9-12,15-18,26-27,30H,4,7-8,13-14,19-22H2,1-2H3. The second kappa shape index (κ2) is 11.6. The fourth-order valence-corrected chi connectivity index (χ4v) is 7.04. The molecule has 1 aromatic heterocycles. The smallest absolute Gasteiger partial charge is 0.254 e. The van der Waals surface area contributed by atoms with Gasteiger partial charge in [0, 0.05) is 53.5 Å². The minimum atomic E-state index is 0.194. The van der Waals surface area contributed by atoms with E-state index in [1.54, 1.807) is 7.11 Å². The van der Waals surface area contributed by atoms with Gasteiger partial charge in [0.15, 0.2) is 0 Å². The van der Waals surface area contributed by atoms with Gasteiger partial charge in [-0.15, -0.1) is 11.3 Å². The molecule has 5 heteroatoms. The van der Waals surface area contributed by atoms with Crippen molar-refractivity contribution in [3.8, 4) is 5.75 Å². The third kappa shape index (κ3) is 5.84. The first-order valence-electron chi connectivity index (χ1n) is 13.4. The molecule has 4 nitrogen and oxygen atoms in total. The summed E-state index contributed by atoms with van der Waals surface area (Å²) in [6, 6.07) is 23.3. The molecule has 2 heterocycles. The highest BCUT2D eigenvalue weighted by Gasteiger charge is 2.38. The van der Waals surface area contributed by atoms with E-state index in [0.29, 0.717) is 17.9 Å². The molecular weight excluding hydrogens is 464 g/mol. The van der Waals surface area contributed by atoms with Gasteiger partial charge in [-0.1, -0.05) is 49.6 Å². The first-order chi connectivity index (χ1) is 17.6. The number of hydrogen-bond acceptors (Lipinski definition) is 4.